The summed E-state index contributed by atoms with van der Waals surface area (Å²) in [5.41, 5.74) is 1.89. The minimum absolute atomic E-state index is 0.188. The Morgan fingerprint density at radius 1 is 1.44 bits per heavy atom. The van der Waals surface area contributed by atoms with Crippen LogP contribution >= 0.6 is 11.8 Å². The van der Waals surface area contributed by atoms with Gasteiger partial charge in [-0.15, -0.1) is 0 Å². The molecule has 1 N–H and O–H groups in total. The number of nitro benzene ring substituents is 1. The number of anilines is 1. The van der Waals surface area contributed by atoms with Gasteiger partial charge in [-0.05, 0) is 38.2 Å². The molecule has 2 rings (SSSR count). The second kappa shape index (κ2) is 5.61. The van der Waals surface area contributed by atoms with Gasteiger partial charge in [0.05, 0.1) is 4.92 Å². The lowest BCUT2D eigenvalue weighted by atomic mass is 10.1. The van der Waals surface area contributed by atoms with Crippen molar-refractivity contribution in [2.75, 3.05) is 11.6 Å². The Morgan fingerprint density at radius 3 is 2.83 bits per heavy atom. The number of hydrogen-bond donors (Lipinski definition) is 1. The fourth-order valence-corrected chi connectivity index (χ4v) is 3.47. The zero-order valence-electron chi connectivity index (χ0n) is 10.7. The summed E-state index contributed by atoms with van der Waals surface area (Å²) in [6, 6.07) is 5.75. The predicted molar refractivity (Wildman–Crippen MR) is 76.4 cm³/mol. The molecule has 1 fully saturated rings. The molecular weight excluding hydrogens is 248 g/mol. The normalized spacial score (nSPS) is 23.0. The molecule has 1 aliphatic carbocycles. The summed E-state index contributed by atoms with van der Waals surface area (Å²) in [5, 5.41) is 14.9. The van der Waals surface area contributed by atoms with Gasteiger partial charge in [-0.3, -0.25) is 10.1 Å². The molecule has 0 radical (unpaired) electrons. The first-order chi connectivity index (χ1) is 8.61. The predicted octanol–water partition coefficient (Wildman–Crippen LogP) is 3.60. The van der Waals surface area contributed by atoms with Gasteiger partial charge in [0.15, 0.2) is 0 Å². The van der Waals surface area contributed by atoms with Gasteiger partial charge in [0, 0.05) is 28.6 Å². The van der Waals surface area contributed by atoms with Gasteiger partial charge in [-0.25, -0.2) is 0 Å². The quantitative estimate of drug-likeness (QED) is 0.668. The maximum absolute atomic E-state index is 10.8. The minimum Gasteiger partial charge on any atom is -0.381 e. The molecule has 0 aromatic heterocycles. The maximum atomic E-state index is 10.8. The summed E-state index contributed by atoms with van der Waals surface area (Å²) in [6.07, 6.45) is 5.84. The van der Waals surface area contributed by atoms with Crippen LogP contribution < -0.4 is 5.32 Å². The SMILES string of the molecule is CSC1CCCC1Nc1ccc([N+](=O)[O-])c(C)c1. The summed E-state index contributed by atoms with van der Waals surface area (Å²) in [5.74, 6) is 0. The number of rotatable bonds is 4. The smallest absolute Gasteiger partial charge is 0.272 e. The first-order valence-electron chi connectivity index (χ1n) is 6.16. The molecule has 1 aromatic carbocycles. The number of nitro groups is 1. The molecule has 1 aromatic rings. The van der Waals surface area contributed by atoms with E-state index in [1.54, 1.807) is 19.1 Å². The first-order valence-corrected chi connectivity index (χ1v) is 7.45. The average molecular weight is 266 g/mol. The summed E-state index contributed by atoms with van der Waals surface area (Å²) >= 11 is 1.90. The Morgan fingerprint density at radius 2 is 2.22 bits per heavy atom. The van der Waals surface area contributed by atoms with Crippen LogP contribution in [0.1, 0.15) is 24.8 Å². The molecule has 4 nitrogen and oxygen atoms in total. The first kappa shape index (κ1) is 13.2. The third-order valence-corrected chi connectivity index (χ3v) is 4.67. The summed E-state index contributed by atoms with van der Waals surface area (Å²) < 4.78 is 0. The van der Waals surface area contributed by atoms with Crippen LogP contribution in [0.5, 0.6) is 0 Å². The highest BCUT2D eigenvalue weighted by Gasteiger charge is 2.26. The molecule has 98 valence electrons. The second-order valence-corrected chi connectivity index (χ2v) is 5.79. The van der Waals surface area contributed by atoms with Crippen LogP contribution in [0.25, 0.3) is 0 Å². The van der Waals surface area contributed by atoms with Gasteiger partial charge < -0.3 is 5.32 Å². The highest BCUT2D eigenvalue weighted by Crippen LogP contribution is 2.31. The van der Waals surface area contributed by atoms with Crippen molar-refractivity contribution in [1.82, 2.24) is 0 Å². The van der Waals surface area contributed by atoms with Gasteiger partial charge >= 0.3 is 0 Å². The lowest BCUT2D eigenvalue weighted by molar-refractivity contribution is -0.385. The van der Waals surface area contributed by atoms with Crippen LogP contribution in [0.3, 0.4) is 0 Å². The van der Waals surface area contributed by atoms with Crippen molar-refractivity contribution in [3.63, 3.8) is 0 Å². The van der Waals surface area contributed by atoms with E-state index in [4.69, 9.17) is 0 Å². The Bertz CT molecular complexity index is 451. The van der Waals surface area contributed by atoms with E-state index in [1.807, 2.05) is 17.8 Å². The Labute approximate surface area is 111 Å². The van der Waals surface area contributed by atoms with Gasteiger partial charge in [-0.1, -0.05) is 6.42 Å². The van der Waals surface area contributed by atoms with E-state index in [2.05, 4.69) is 11.6 Å². The van der Waals surface area contributed by atoms with Crippen molar-refractivity contribution in [3.05, 3.63) is 33.9 Å². The fourth-order valence-electron chi connectivity index (χ4n) is 2.54. The van der Waals surface area contributed by atoms with Crippen molar-refractivity contribution < 1.29 is 4.92 Å². The lowest BCUT2D eigenvalue weighted by Crippen LogP contribution is -2.25. The van der Waals surface area contributed by atoms with Crippen LogP contribution in [-0.2, 0) is 0 Å². The van der Waals surface area contributed by atoms with Crippen molar-refractivity contribution in [2.24, 2.45) is 0 Å². The number of thioether (sulfide) groups is 1. The fraction of sp³-hybridized carbons (Fsp3) is 0.538. The van der Waals surface area contributed by atoms with Crippen LogP contribution in [0, 0.1) is 17.0 Å². The van der Waals surface area contributed by atoms with Gasteiger partial charge in [-0.2, -0.15) is 11.8 Å². The molecule has 0 heterocycles. The van der Waals surface area contributed by atoms with Crippen LogP contribution in [0.4, 0.5) is 11.4 Å². The van der Waals surface area contributed by atoms with E-state index in [9.17, 15) is 10.1 Å². The number of nitrogens with one attached hydrogen (secondary N) is 1. The number of hydrogen-bond acceptors (Lipinski definition) is 4. The highest BCUT2D eigenvalue weighted by atomic mass is 32.2. The highest BCUT2D eigenvalue weighted by molar-refractivity contribution is 7.99. The maximum Gasteiger partial charge on any atom is 0.272 e. The van der Waals surface area contributed by atoms with E-state index in [1.165, 1.54) is 19.3 Å². The monoisotopic (exact) mass is 266 g/mol. The Kier molecular flexibility index (Phi) is 4.11. The lowest BCUT2D eigenvalue weighted by Gasteiger charge is -2.20. The number of benzene rings is 1. The minimum atomic E-state index is -0.334. The van der Waals surface area contributed by atoms with E-state index in [-0.39, 0.29) is 10.6 Å². The van der Waals surface area contributed by atoms with E-state index >= 15 is 0 Å². The van der Waals surface area contributed by atoms with Gasteiger partial charge in [0.25, 0.3) is 5.69 Å². The summed E-state index contributed by atoms with van der Waals surface area (Å²) in [6.45, 7) is 1.78. The summed E-state index contributed by atoms with van der Waals surface area (Å²) in [4.78, 5) is 10.4. The van der Waals surface area contributed by atoms with Crippen molar-refractivity contribution in [1.29, 1.82) is 0 Å². The molecule has 0 amide bonds. The summed E-state index contributed by atoms with van der Waals surface area (Å²) in [7, 11) is 0. The third kappa shape index (κ3) is 2.77. The molecule has 2 atom stereocenters. The molecule has 0 aliphatic heterocycles. The average Bonchev–Trinajstić information content (AvgIpc) is 2.76. The van der Waals surface area contributed by atoms with E-state index in [0.29, 0.717) is 16.9 Å². The van der Waals surface area contributed by atoms with E-state index in [0.717, 1.165) is 5.69 Å². The van der Waals surface area contributed by atoms with Crippen LogP contribution in [0.2, 0.25) is 0 Å². The Hall–Kier alpha value is -1.23. The molecule has 18 heavy (non-hydrogen) atoms. The molecule has 5 heteroatoms. The van der Waals surface area contributed by atoms with E-state index < -0.39 is 0 Å². The Balaban J connectivity index is 2.10. The van der Waals surface area contributed by atoms with Crippen LogP contribution in [0.15, 0.2) is 18.2 Å². The molecule has 1 aliphatic rings. The molecular formula is C13H18N2O2S. The molecule has 0 saturated heterocycles. The van der Waals surface area contributed by atoms with Crippen molar-refractivity contribution in [3.8, 4) is 0 Å². The van der Waals surface area contributed by atoms with Gasteiger partial charge in [0.2, 0.25) is 0 Å². The molecule has 1 saturated carbocycles. The van der Waals surface area contributed by atoms with Gasteiger partial charge in [0.1, 0.15) is 0 Å². The molecule has 2 unspecified atom stereocenters. The number of aryl methyl sites for hydroxylation is 1. The molecule has 0 spiro atoms. The third-order valence-electron chi connectivity index (χ3n) is 3.50. The molecule has 0 bridgehead atoms. The standard InChI is InChI=1S/C13H18N2O2S/c1-9-8-10(6-7-12(9)15(16)17)14-11-4-3-5-13(11)18-2/h6-8,11,13-14H,3-5H2,1-2H3. The zero-order chi connectivity index (χ0) is 13.1. The zero-order valence-corrected chi connectivity index (χ0v) is 11.5. The topological polar surface area (TPSA) is 55.2 Å². The number of nitrogens with zero attached hydrogens (tertiary/aromatic N) is 1. The van der Waals surface area contributed by atoms with Crippen LogP contribution in [-0.4, -0.2) is 22.5 Å². The second-order valence-electron chi connectivity index (χ2n) is 4.71. The van der Waals surface area contributed by atoms with Crippen molar-refractivity contribution in [2.45, 2.75) is 37.5 Å². The largest absolute Gasteiger partial charge is 0.381 e. The van der Waals surface area contributed by atoms with Crippen molar-refractivity contribution >= 4 is 23.1 Å².